The Morgan fingerprint density at radius 2 is 1.91 bits per heavy atom. The summed E-state index contributed by atoms with van der Waals surface area (Å²) in [6, 6.07) is 9.99. The average Bonchev–Trinajstić information content (AvgIpc) is 2.85. The summed E-state index contributed by atoms with van der Waals surface area (Å²) in [6.45, 7) is 3.89. The molecule has 1 aromatic carbocycles. The Morgan fingerprint density at radius 1 is 1.18 bits per heavy atom. The van der Waals surface area contributed by atoms with Crippen LogP contribution in [0, 0.1) is 10.7 Å². The van der Waals surface area contributed by atoms with Crippen LogP contribution in [0.5, 0.6) is 5.75 Å². The van der Waals surface area contributed by atoms with Gasteiger partial charge in [0.25, 0.3) is 0 Å². The van der Waals surface area contributed by atoms with Crippen molar-refractivity contribution in [3.8, 4) is 17.0 Å². The molecule has 0 aliphatic carbocycles. The molecule has 0 saturated carbocycles. The Kier molecular flexibility index (Phi) is 3.58. The molecule has 2 heterocycles. The van der Waals surface area contributed by atoms with Crippen LogP contribution in [-0.2, 0) is 0 Å². The third kappa shape index (κ3) is 2.55. The highest BCUT2D eigenvalue weighted by Crippen LogP contribution is 2.32. The minimum Gasteiger partial charge on any atom is -0.491 e. The number of fused-ring (bicyclic) bond motifs is 1. The molecule has 0 aliphatic rings. The van der Waals surface area contributed by atoms with Crippen molar-refractivity contribution in [1.82, 2.24) is 9.38 Å². The van der Waals surface area contributed by atoms with Gasteiger partial charge in [0.2, 0.25) is 5.82 Å². The van der Waals surface area contributed by atoms with Gasteiger partial charge in [-0.2, -0.15) is 0 Å². The van der Waals surface area contributed by atoms with E-state index in [0.717, 1.165) is 11.3 Å². The minimum absolute atomic E-state index is 0.0760. The molecule has 0 amide bonds. The van der Waals surface area contributed by atoms with E-state index in [-0.39, 0.29) is 11.9 Å². The first kappa shape index (κ1) is 14.2. The number of hydrogen-bond acceptors (Lipinski definition) is 4. The highest BCUT2D eigenvalue weighted by atomic mass is 19.1. The Balaban J connectivity index is 2.07. The number of halogens is 1. The largest absolute Gasteiger partial charge is 0.491 e. The zero-order valence-electron chi connectivity index (χ0n) is 12.2. The van der Waals surface area contributed by atoms with Crippen molar-refractivity contribution in [2.75, 3.05) is 0 Å². The summed E-state index contributed by atoms with van der Waals surface area (Å²) < 4.78 is 20.2. The first-order valence-electron chi connectivity index (χ1n) is 6.86. The summed E-state index contributed by atoms with van der Waals surface area (Å²) in [5, 5.41) is 3.00. The molecule has 0 unspecified atom stereocenters. The highest BCUT2D eigenvalue weighted by molar-refractivity contribution is 5.74. The molecule has 2 aromatic heterocycles. The molecule has 0 fully saturated rings. The van der Waals surface area contributed by atoms with Gasteiger partial charge >= 0.3 is 0 Å². The number of nitrogens with zero attached hydrogens (tertiary/aromatic N) is 3. The third-order valence-electron chi connectivity index (χ3n) is 3.14. The van der Waals surface area contributed by atoms with Crippen LogP contribution < -0.4 is 4.74 Å². The Hall–Kier alpha value is -2.76. The van der Waals surface area contributed by atoms with Gasteiger partial charge in [-0.25, -0.2) is 9.37 Å². The SMILES string of the molecule is CC(C)Oc1ccc(-c2nc3ccc(F)cn3c2N=O)cc1. The molecule has 3 rings (SSSR count). The van der Waals surface area contributed by atoms with Crippen LogP contribution >= 0.6 is 0 Å². The molecule has 22 heavy (non-hydrogen) atoms. The van der Waals surface area contributed by atoms with Gasteiger partial charge in [0.15, 0.2) is 0 Å². The molecule has 112 valence electrons. The van der Waals surface area contributed by atoms with Crippen LogP contribution in [-0.4, -0.2) is 15.5 Å². The summed E-state index contributed by atoms with van der Waals surface area (Å²) in [4.78, 5) is 15.5. The quantitative estimate of drug-likeness (QED) is 0.674. The van der Waals surface area contributed by atoms with Crippen LogP contribution in [0.25, 0.3) is 16.9 Å². The molecule has 0 radical (unpaired) electrons. The smallest absolute Gasteiger partial charge is 0.209 e. The summed E-state index contributed by atoms with van der Waals surface area (Å²) in [7, 11) is 0. The first-order valence-corrected chi connectivity index (χ1v) is 6.86. The van der Waals surface area contributed by atoms with E-state index in [1.165, 1.54) is 22.7 Å². The van der Waals surface area contributed by atoms with E-state index in [1.807, 2.05) is 13.8 Å². The average molecular weight is 299 g/mol. The fourth-order valence-corrected chi connectivity index (χ4v) is 2.25. The molecule has 0 aliphatic heterocycles. The summed E-state index contributed by atoms with van der Waals surface area (Å²) in [6.07, 6.45) is 1.27. The Bertz CT molecular complexity index is 825. The van der Waals surface area contributed by atoms with Gasteiger partial charge in [-0.3, -0.25) is 4.40 Å². The van der Waals surface area contributed by atoms with E-state index in [9.17, 15) is 9.30 Å². The lowest BCUT2D eigenvalue weighted by atomic mass is 10.1. The fourth-order valence-electron chi connectivity index (χ4n) is 2.25. The molecule has 0 N–H and O–H groups in total. The molecule has 0 saturated heterocycles. The van der Waals surface area contributed by atoms with Crippen molar-refractivity contribution in [2.45, 2.75) is 20.0 Å². The molecule has 0 atom stereocenters. The summed E-state index contributed by atoms with van der Waals surface area (Å²) in [5.74, 6) is 0.350. The normalized spacial score (nSPS) is 11.1. The number of ether oxygens (including phenoxy) is 1. The van der Waals surface area contributed by atoms with E-state index in [1.54, 1.807) is 24.3 Å². The lowest BCUT2D eigenvalue weighted by Crippen LogP contribution is -2.05. The van der Waals surface area contributed by atoms with E-state index in [4.69, 9.17) is 4.74 Å². The monoisotopic (exact) mass is 299 g/mol. The lowest BCUT2D eigenvalue weighted by molar-refractivity contribution is 0.242. The van der Waals surface area contributed by atoms with Crippen LogP contribution in [0.15, 0.2) is 47.8 Å². The van der Waals surface area contributed by atoms with Gasteiger partial charge in [0.05, 0.1) is 6.10 Å². The van der Waals surface area contributed by atoms with Crippen LogP contribution in [0.3, 0.4) is 0 Å². The molecule has 0 bridgehead atoms. The predicted octanol–water partition coefficient (Wildman–Crippen LogP) is 4.33. The maximum atomic E-state index is 13.3. The molecular formula is C16H14FN3O2. The van der Waals surface area contributed by atoms with Crippen molar-refractivity contribution in [1.29, 1.82) is 0 Å². The minimum atomic E-state index is -0.456. The van der Waals surface area contributed by atoms with Crippen LogP contribution in [0.2, 0.25) is 0 Å². The van der Waals surface area contributed by atoms with E-state index in [2.05, 4.69) is 10.2 Å². The third-order valence-corrected chi connectivity index (χ3v) is 3.14. The first-order chi connectivity index (χ1) is 10.6. The fraction of sp³-hybridized carbons (Fsp3) is 0.188. The number of imidazole rings is 1. The molecule has 3 aromatic rings. The maximum Gasteiger partial charge on any atom is 0.209 e. The molecular weight excluding hydrogens is 285 g/mol. The number of rotatable bonds is 4. The van der Waals surface area contributed by atoms with Crippen molar-refractivity contribution >= 4 is 11.5 Å². The van der Waals surface area contributed by atoms with Crippen LogP contribution in [0.1, 0.15) is 13.8 Å². The second-order valence-corrected chi connectivity index (χ2v) is 5.14. The van der Waals surface area contributed by atoms with Gasteiger partial charge in [-0.15, -0.1) is 4.91 Å². The number of pyridine rings is 1. The maximum absolute atomic E-state index is 13.3. The number of aromatic nitrogens is 2. The molecule has 6 heteroatoms. The number of nitroso groups, excluding NO2 is 1. The second-order valence-electron chi connectivity index (χ2n) is 5.14. The number of benzene rings is 1. The van der Waals surface area contributed by atoms with Gasteiger partial charge in [-0.05, 0) is 55.4 Å². The standard InChI is InChI=1S/C16H14FN3O2/c1-10(2)22-13-6-3-11(4-7-13)15-16(19-21)20-9-12(17)5-8-14(20)18-15/h3-10H,1-2H3. The lowest BCUT2D eigenvalue weighted by Gasteiger charge is -2.09. The van der Waals surface area contributed by atoms with Gasteiger partial charge in [0.1, 0.15) is 22.9 Å². The summed E-state index contributed by atoms with van der Waals surface area (Å²) in [5.41, 5.74) is 1.60. The predicted molar refractivity (Wildman–Crippen MR) is 81.8 cm³/mol. The van der Waals surface area contributed by atoms with Crippen molar-refractivity contribution in [2.24, 2.45) is 5.18 Å². The van der Waals surface area contributed by atoms with Gasteiger partial charge in [-0.1, -0.05) is 0 Å². The Labute approximate surface area is 126 Å². The topological polar surface area (TPSA) is 56.0 Å². The van der Waals surface area contributed by atoms with Gasteiger partial charge in [0, 0.05) is 11.8 Å². The molecule has 5 nitrogen and oxygen atoms in total. The van der Waals surface area contributed by atoms with Gasteiger partial charge < -0.3 is 4.74 Å². The van der Waals surface area contributed by atoms with E-state index in [0.29, 0.717) is 11.3 Å². The van der Waals surface area contributed by atoms with Crippen molar-refractivity contribution < 1.29 is 9.13 Å². The second kappa shape index (κ2) is 5.55. The van der Waals surface area contributed by atoms with E-state index >= 15 is 0 Å². The zero-order chi connectivity index (χ0) is 15.7. The highest BCUT2D eigenvalue weighted by Gasteiger charge is 2.15. The van der Waals surface area contributed by atoms with Crippen LogP contribution in [0.4, 0.5) is 10.2 Å². The number of hydrogen-bond donors (Lipinski definition) is 0. The van der Waals surface area contributed by atoms with E-state index < -0.39 is 5.82 Å². The molecule has 0 spiro atoms. The summed E-state index contributed by atoms with van der Waals surface area (Å²) >= 11 is 0. The Morgan fingerprint density at radius 3 is 2.55 bits per heavy atom. The van der Waals surface area contributed by atoms with Crippen molar-refractivity contribution in [3.63, 3.8) is 0 Å². The van der Waals surface area contributed by atoms with Crippen molar-refractivity contribution in [3.05, 3.63) is 53.3 Å². The zero-order valence-corrected chi connectivity index (χ0v) is 12.2.